The number of aliphatic carboxylic acids is 1. The zero-order valence-corrected chi connectivity index (χ0v) is 13.1. The van der Waals surface area contributed by atoms with Gasteiger partial charge in [-0.1, -0.05) is 0 Å². The number of amides is 1. The van der Waals surface area contributed by atoms with Crippen molar-refractivity contribution in [1.82, 2.24) is 5.32 Å². The lowest BCUT2D eigenvalue weighted by Gasteiger charge is -2.19. The lowest BCUT2D eigenvalue weighted by Crippen LogP contribution is -2.31. The van der Waals surface area contributed by atoms with E-state index in [1.54, 1.807) is 13.8 Å². The molecule has 0 fully saturated rings. The summed E-state index contributed by atoms with van der Waals surface area (Å²) in [7, 11) is 1.29. The molecule has 0 saturated heterocycles. The van der Waals surface area contributed by atoms with Crippen molar-refractivity contribution in [1.29, 1.82) is 0 Å². The highest BCUT2D eigenvalue weighted by molar-refractivity contribution is 5.94. The Hall–Kier alpha value is -2.38. The van der Waals surface area contributed by atoms with Crippen molar-refractivity contribution in [2.24, 2.45) is 5.41 Å². The first-order chi connectivity index (χ1) is 10.7. The number of carbonyl (C=O) groups is 2. The number of ether oxygens (including phenoxy) is 2. The number of hydrogen-bond acceptors (Lipinski definition) is 4. The van der Waals surface area contributed by atoms with E-state index < -0.39 is 23.9 Å². The highest BCUT2D eigenvalue weighted by Crippen LogP contribution is 2.29. The molecule has 0 radical (unpaired) electrons. The van der Waals surface area contributed by atoms with E-state index in [0.29, 0.717) is 0 Å². The third-order valence-electron chi connectivity index (χ3n) is 3.26. The quantitative estimate of drug-likeness (QED) is 0.764. The fraction of sp³-hybridized carbons (Fsp3) is 0.467. The van der Waals surface area contributed by atoms with Gasteiger partial charge in [0.2, 0.25) is 0 Å². The molecular formula is C15H19F2NO5. The van der Waals surface area contributed by atoms with Gasteiger partial charge in [-0.15, -0.1) is 0 Å². The fourth-order valence-corrected chi connectivity index (χ4v) is 1.70. The van der Waals surface area contributed by atoms with Crippen LogP contribution in [0.25, 0.3) is 0 Å². The van der Waals surface area contributed by atoms with Crippen LogP contribution in [-0.4, -0.2) is 37.2 Å². The topological polar surface area (TPSA) is 84.9 Å². The van der Waals surface area contributed by atoms with E-state index in [2.05, 4.69) is 10.1 Å². The molecule has 0 aliphatic carbocycles. The van der Waals surface area contributed by atoms with E-state index in [1.807, 2.05) is 0 Å². The van der Waals surface area contributed by atoms with E-state index in [4.69, 9.17) is 9.84 Å². The van der Waals surface area contributed by atoms with Crippen LogP contribution in [0.3, 0.4) is 0 Å². The Bertz CT molecular complexity index is 575. The first-order valence-electron chi connectivity index (χ1n) is 6.82. The molecule has 6 nitrogen and oxygen atoms in total. The normalized spacial score (nSPS) is 11.2. The minimum atomic E-state index is -3.04. The minimum Gasteiger partial charge on any atom is -0.493 e. The standard InChI is InChI=1S/C15H19F2NO5/c1-15(2,13(20)21)6-7-18-12(19)9-4-5-10(22-3)11(8-9)23-14(16)17/h4-5,8,14H,6-7H2,1-3H3,(H,18,19)(H,20,21). The lowest BCUT2D eigenvalue weighted by atomic mass is 9.90. The summed E-state index contributed by atoms with van der Waals surface area (Å²) < 4.78 is 33.9. The van der Waals surface area contributed by atoms with Crippen molar-refractivity contribution in [3.63, 3.8) is 0 Å². The van der Waals surface area contributed by atoms with Crippen LogP contribution >= 0.6 is 0 Å². The van der Waals surface area contributed by atoms with Gasteiger partial charge in [0.1, 0.15) is 0 Å². The highest BCUT2D eigenvalue weighted by Gasteiger charge is 2.26. The Balaban J connectivity index is 2.75. The van der Waals surface area contributed by atoms with Gasteiger partial charge in [0.25, 0.3) is 5.91 Å². The largest absolute Gasteiger partial charge is 0.493 e. The summed E-state index contributed by atoms with van der Waals surface area (Å²) in [6, 6.07) is 3.88. The molecule has 0 heterocycles. The number of nitrogens with one attached hydrogen (secondary N) is 1. The minimum absolute atomic E-state index is 0.0776. The molecule has 0 aliphatic rings. The summed E-state index contributed by atoms with van der Waals surface area (Å²) in [6.45, 7) is 0.181. The van der Waals surface area contributed by atoms with Crippen molar-refractivity contribution in [2.45, 2.75) is 26.9 Å². The Morgan fingerprint density at radius 3 is 2.48 bits per heavy atom. The summed E-state index contributed by atoms with van der Waals surface area (Å²) in [4.78, 5) is 23.0. The van der Waals surface area contributed by atoms with Crippen LogP contribution in [0, 0.1) is 5.41 Å². The predicted octanol–water partition coefficient (Wildman–Crippen LogP) is 2.53. The van der Waals surface area contributed by atoms with Crippen LogP contribution in [0.4, 0.5) is 8.78 Å². The van der Waals surface area contributed by atoms with Gasteiger partial charge < -0.3 is 19.9 Å². The van der Waals surface area contributed by atoms with Crippen molar-refractivity contribution in [3.8, 4) is 11.5 Å². The van der Waals surface area contributed by atoms with Crippen LogP contribution in [0.2, 0.25) is 0 Å². The van der Waals surface area contributed by atoms with Crippen LogP contribution in [0.5, 0.6) is 11.5 Å². The van der Waals surface area contributed by atoms with Crippen molar-refractivity contribution < 1.29 is 33.0 Å². The highest BCUT2D eigenvalue weighted by atomic mass is 19.3. The number of hydrogen-bond donors (Lipinski definition) is 2. The van der Waals surface area contributed by atoms with Crippen LogP contribution in [-0.2, 0) is 4.79 Å². The summed E-state index contributed by atoms with van der Waals surface area (Å²) in [6.07, 6.45) is 0.227. The Labute approximate surface area is 132 Å². The average molecular weight is 331 g/mol. The van der Waals surface area contributed by atoms with Crippen molar-refractivity contribution in [3.05, 3.63) is 23.8 Å². The average Bonchev–Trinajstić information content (AvgIpc) is 2.46. The van der Waals surface area contributed by atoms with E-state index in [-0.39, 0.29) is 30.0 Å². The molecule has 1 rings (SSSR count). The third kappa shape index (κ3) is 5.39. The smallest absolute Gasteiger partial charge is 0.387 e. The van der Waals surface area contributed by atoms with Gasteiger partial charge >= 0.3 is 12.6 Å². The SMILES string of the molecule is COc1ccc(C(=O)NCCC(C)(C)C(=O)O)cc1OC(F)F. The van der Waals surface area contributed by atoms with Gasteiger partial charge in [-0.3, -0.25) is 9.59 Å². The molecule has 0 atom stereocenters. The molecule has 23 heavy (non-hydrogen) atoms. The summed E-state index contributed by atoms with van der Waals surface area (Å²) in [5, 5.41) is 11.5. The van der Waals surface area contributed by atoms with E-state index in [9.17, 15) is 18.4 Å². The molecule has 2 N–H and O–H groups in total. The number of carboxylic acids is 1. The molecule has 0 spiro atoms. The third-order valence-corrected chi connectivity index (χ3v) is 3.26. The van der Waals surface area contributed by atoms with Gasteiger partial charge in [0.15, 0.2) is 11.5 Å². The first-order valence-corrected chi connectivity index (χ1v) is 6.82. The molecule has 1 amide bonds. The molecule has 8 heteroatoms. The molecule has 128 valence electrons. The molecular weight excluding hydrogens is 312 g/mol. The van der Waals surface area contributed by atoms with Crippen molar-refractivity contribution >= 4 is 11.9 Å². The lowest BCUT2D eigenvalue weighted by molar-refractivity contribution is -0.147. The number of benzene rings is 1. The zero-order valence-electron chi connectivity index (χ0n) is 13.1. The van der Waals surface area contributed by atoms with Gasteiger partial charge in [0, 0.05) is 12.1 Å². The Kier molecular flexibility index (Phi) is 6.29. The molecule has 1 aromatic rings. The van der Waals surface area contributed by atoms with Gasteiger partial charge in [-0.2, -0.15) is 8.78 Å². The number of carbonyl (C=O) groups excluding carboxylic acids is 1. The molecule has 0 aliphatic heterocycles. The second-order valence-corrected chi connectivity index (χ2v) is 5.44. The van der Waals surface area contributed by atoms with Crippen molar-refractivity contribution in [2.75, 3.05) is 13.7 Å². The summed E-state index contributed by atoms with van der Waals surface area (Å²) >= 11 is 0. The fourth-order valence-electron chi connectivity index (χ4n) is 1.70. The maximum absolute atomic E-state index is 12.3. The second-order valence-electron chi connectivity index (χ2n) is 5.44. The number of carboxylic acid groups (broad SMARTS) is 1. The first kappa shape index (κ1) is 18.7. The number of rotatable bonds is 8. The van der Waals surface area contributed by atoms with Crippen LogP contribution in [0.1, 0.15) is 30.6 Å². The molecule has 1 aromatic carbocycles. The molecule has 0 bridgehead atoms. The maximum atomic E-state index is 12.3. The molecule has 0 saturated carbocycles. The summed E-state index contributed by atoms with van der Waals surface area (Å²) in [5.74, 6) is -1.66. The van der Waals surface area contributed by atoms with Crippen LogP contribution in [0.15, 0.2) is 18.2 Å². The predicted molar refractivity (Wildman–Crippen MR) is 78.0 cm³/mol. The van der Waals surface area contributed by atoms with Crippen LogP contribution < -0.4 is 14.8 Å². The second kappa shape index (κ2) is 7.75. The monoisotopic (exact) mass is 331 g/mol. The number of methoxy groups -OCH3 is 1. The number of alkyl halides is 2. The molecule has 0 aromatic heterocycles. The van der Waals surface area contributed by atoms with E-state index >= 15 is 0 Å². The Morgan fingerprint density at radius 2 is 1.96 bits per heavy atom. The van der Waals surface area contributed by atoms with Gasteiger partial charge in [0.05, 0.1) is 12.5 Å². The van der Waals surface area contributed by atoms with E-state index in [1.165, 1.54) is 19.2 Å². The van der Waals surface area contributed by atoms with Gasteiger partial charge in [-0.25, -0.2) is 0 Å². The number of halogens is 2. The molecule has 0 unspecified atom stereocenters. The summed E-state index contributed by atoms with van der Waals surface area (Å²) in [5.41, 5.74) is -0.869. The van der Waals surface area contributed by atoms with E-state index in [0.717, 1.165) is 6.07 Å². The Morgan fingerprint density at radius 1 is 1.30 bits per heavy atom. The zero-order chi connectivity index (χ0) is 17.6. The van der Waals surface area contributed by atoms with Gasteiger partial charge in [-0.05, 0) is 38.5 Å². The maximum Gasteiger partial charge on any atom is 0.387 e.